The van der Waals surface area contributed by atoms with E-state index in [9.17, 15) is 4.39 Å². The van der Waals surface area contributed by atoms with Gasteiger partial charge in [0, 0.05) is 0 Å². The fraction of sp³-hybridized carbons (Fsp3) is 0.632. The molecule has 1 heterocycles. The highest BCUT2D eigenvalue weighted by molar-refractivity contribution is 5.33. The molecule has 5 heteroatoms. The van der Waals surface area contributed by atoms with Crippen LogP contribution in [0.15, 0.2) is 18.2 Å². The van der Waals surface area contributed by atoms with Crippen LogP contribution in [0.5, 0.6) is 0 Å². The number of hydrogen-bond donors (Lipinski definition) is 0. The Morgan fingerprint density at radius 1 is 1.25 bits per heavy atom. The Morgan fingerprint density at radius 2 is 2.04 bits per heavy atom. The molecule has 1 aromatic rings. The van der Waals surface area contributed by atoms with Crippen molar-refractivity contribution in [3.05, 3.63) is 35.1 Å². The summed E-state index contributed by atoms with van der Waals surface area (Å²) in [7, 11) is 0. The number of ether oxygens (including phenoxy) is 3. The smallest absolute Gasteiger partial charge is 0.147 e. The van der Waals surface area contributed by atoms with E-state index in [0.29, 0.717) is 25.4 Å². The summed E-state index contributed by atoms with van der Waals surface area (Å²) < 4.78 is 29.9. The third-order valence-corrected chi connectivity index (χ3v) is 4.88. The summed E-state index contributed by atoms with van der Waals surface area (Å²) in [6.45, 7) is 1.81. The highest BCUT2D eigenvalue weighted by Crippen LogP contribution is 2.29. The highest BCUT2D eigenvalue weighted by Gasteiger charge is 2.24. The first-order chi connectivity index (χ1) is 11.7. The molecule has 2 fully saturated rings. The Balaban J connectivity index is 1.31. The van der Waals surface area contributed by atoms with Crippen LogP contribution in [0.3, 0.4) is 0 Å². The third-order valence-electron chi connectivity index (χ3n) is 4.88. The van der Waals surface area contributed by atoms with E-state index in [1.165, 1.54) is 6.07 Å². The lowest BCUT2D eigenvalue weighted by Gasteiger charge is -2.28. The molecule has 4 nitrogen and oxygen atoms in total. The normalized spacial score (nSPS) is 26.1. The van der Waals surface area contributed by atoms with Crippen molar-refractivity contribution in [1.82, 2.24) is 0 Å². The summed E-state index contributed by atoms with van der Waals surface area (Å²) in [4.78, 5) is 0. The summed E-state index contributed by atoms with van der Waals surface area (Å²) in [6, 6.07) is 6.78. The van der Waals surface area contributed by atoms with Gasteiger partial charge in [-0.05, 0) is 62.1 Å². The Kier molecular flexibility index (Phi) is 6.19. The maximum atomic E-state index is 13.6. The van der Waals surface area contributed by atoms with Crippen molar-refractivity contribution >= 4 is 0 Å². The van der Waals surface area contributed by atoms with Gasteiger partial charge in [-0.2, -0.15) is 5.26 Å². The number of nitrogens with zero attached hydrogens (tertiary/aromatic N) is 1. The van der Waals surface area contributed by atoms with Crippen LogP contribution in [0.4, 0.5) is 4.39 Å². The molecule has 1 aromatic carbocycles. The summed E-state index contributed by atoms with van der Waals surface area (Å²) in [5, 5.41) is 8.76. The fourth-order valence-electron chi connectivity index (χ4n) is 3.25. The minimum absolute atomic E-state index is 0.117. The SMILES string of the molecule is N#Cc1ccc(CCC2CCC(OCOCC3CO3)CC2)cc1F. The molecule has 1 aliphatic heterocycles. The van der Waals surface area contributed by atoms with Crippen LogP contribution in [-0.2, 0) is 20.6 Å². The third kappa shape index (κ3) is 5.27. The van der Waals surface area contributed by atoms with E-state index < -0.39 is 5.82 Å². The second-order valence-corrected chi connectivity index (χ2v) is 6.72. The number of nitriles is 1. The van der Waals surface area contributed by atoms with Crippen molar-refractivity contribution in [3.8, 4) is 6.07 Å². The van der Waals surface area contributed by atoms with E-state index in [4.69, 9.17) is 19.5 Å². The number of epoxide rings is 1. The number of hydrogen-bond acceptors (Lipinski definition) is 4. The predicted octanol–water partition coefficient (Wildman–Crippen LogP) is 3.58. The van der Waals surface area contributed by atoms with E-state index in [2.05, 4.69) is 0 Å². The van der Waals surface area contributed by atoms with Crippen LogP contribution in [0.2, 0.25) is 0 Å². The lowest BCUT2D eigenvalue weighted by Crippen LogP contribution is -2.23. The monoisotopic (exact) mass is 333 g/mol. The maximum absolute atomic E-state index is 13.6. The van der Waals surface area contributed by atoms with Gasteiger partial charge in [0.15, 0.2) is 0 Å². The van der Waals surface area contributed by atoms with Gasteiger partial charge in [-0.25, -0.2) is 4.39 Å². The molecule has 0 amide bonds. The van der Waals surface area contributed by atoms with E-state index in [0.717, 1.165) is 50.7 Å². The van der Waals surface area contributed by atoms with Crippen molar-refractivity contribution in [2.24, 2.45) is 5.92 Å². The van der Waals surface area contributed by atoms with E-state index in [1.54, 1.807) is 6.07 Å². The fourth-order valence-corrected chi connectivity index (χ4v) is 3.25. The molecule has 1 saturated carbocycles. The summed E-state index contributed by atoms with van der Waals surface area (Å²) >= 11 is 0. The molecule has 24 heavy (non-hydrogen) atoms. The minimum atomic E-state index is -0.413. The van der Waals surface area contributed by atoms with Crippen molar-refractivity contribution < 1.29 is 18.6 Å². The van der Waals surface area contributed by atoms with Crippen LogP contribution in [-0.4, -0.2) is 32.2 Å². The maximum Gasteiger partial charge on any atom is 0.147 e. The first kappa shape index (κ1) is 17.3. The van der Waals surface area contributed by atoms with Gasteiger partial charge >= 0.3 is 0 Å². The van der Waals surface area contributed by atoms with Crippen LogP contribution in [0.25, 0.3) is 0 Å². The Hall–Kier alpha value is -1.48. The van der Waals surface area contributed by atoms with E-state index in [1.807, 2.05) is 12.1 Å². The topological polar surface area (TPSA) is 54.8 Å². The molecule has 1 unspecified atom stereocenters. The molecular weight excluding hydrogens is 309 g/mol. The van der Waals surface area contributed by atoms with E-state index >= 15 is 0 Å². The quantitative estimate of drug-likeness (QED) is 0.414. The Morgan fingerprint density at radius 3 is 2.71 bits per heavy atom. The lowest BCUT2D eigenvalue weighted by molar-refractivity contribution is -0.104. The zero-order valence-corrected chi connectivity index (χ0v) is 13.9. The summed E-state index contributed by atoms with van der Waals surface area (Å²) in [6.07, 6.45) is 6.94. The van der Waals surface area contributed by atoms with Gasteiger partial charge < -0.3 is 14.2 Å². The van der Waals surface area contributed by atoms with Gasteiger partial charge in [0.1, 0.15) is 24.8 Å². The number of halogens is 1. The van der Waals surface area contributed by atoms with Gasteiger partial charge in [0.25, 0.3) is 0 Å². The second kappa shape index (κ2) is 8.57. The van der Waals surface area contributed by atoms with Gasteiger partial charge in [0.05, 0.1) is 24.9 Å². The summed E-state index contributed by atoms with van der Waals surface area (Å²) in [5.41, 5.74) is 1.09. The Labute approximate surface area is 142 Å². The average molecular weight is 333 g/mol. The first-order valence-corrected chi connectivity index (χ1v) is 8.74. The van der Waals surface area contributed by atoms with Gasteiger partial charge in [-0.15, -0.1) is 0 Å². The molecule has 0 bridgehead atoms. The molecule has 3 rings (SSSR count). The molecule has 1 atom stereocenters. The van der Waals surface area contributed by atoms with Gasteiger partial charge in [0.2, 0.25) is 0 Å². The summed E-state index contributed by atoms with van der Waals surface area (Å²) in [5.74, 6) is 0.257. The van der Waals surface area contributed by atoms with Crippen molar-refractivity contribution in [1.29, 1.82) is 5.26 Å². The van der Waals surface area contributed by atoms with Crippen molar-refractivity contribution in [2.45, 2.75) is 50.7 Å². The predicted molar refractivity (Wildman–Crippen MR) is 86.8 cm³/mol. The van der Waals surface area contributed by atoms with Crippen LogP contribution in [0, 0.1) is 23.1 Å². The lowest BCUT2D eigenvalue weighted by atomic mass is 9.83. The molecule has 0 radical (unpaired) electrons. The Bertz CT molecular complexity index is 574. The molecule has 130 valence electrons. The number of rotatable bonds is 8. The van der Waals surface area contributed by atoms with E-state index in [-0.39, 0.29) is 11.7 Å². The largest absolute Gasteiger partial charge is 0.371 e. The minimum Gasteiger partial charge on any atom is -0.371 e. The molecular formula is C19H24FNO3. The van der Waals surface area contributed by atoms with Crippen molar-refractivity contribution in [3.63, 3.8) is 0 Å². The van der Waals surface area contributed by atoms with Crippen molar-refractivity contribution in [2.75, 3.05) is 20.0 Å². The zero-order chi connectivity index (χ0) is 16.8. The van der Waals surface area contributed by atoms with Gasteiger partial charge in [-0.1, -0.05) is 6.07 Å². The van der Waals surface area contributed by atoms with Gasteiger partial charge in [-0.3, -0.25) is 0 Å². The molecule has 0 spiro atoms. The molecule has 0 aromatic heterocycles. The first-order valence-electron chi connectivity index (χ1n) is 8.74. The van der Waals surface area contributed by atoms with Crippen LogP contribution in [0.1, 0.15) is 43.2 Å². The standard InChI is InChI=1S/C19H24FNO3/c20-19-9-15(3-6-16(19)10-21)2-1-14-4-7-17(8-5-14)24-13-22-11-18-12-23-18/h3,6,9,14,17-18H,1-2,4-5,7-8,11-13H2. The van der Waals surface area contributed by atoms with Crippen LogP contribution >= 0.6 is 0 Å². The number of benzene rings is 1. The highest BCUT2D eigenvalue weighted by atomic mass is 19.1. The van der Waals surface area contributed by atoms with Crippen LogP contribution < -0.4 is 0 Å². The molecule has 1 aliphatic carbocycles. The molecule has 0 N–H and O–H groups in total. The number of aryl methyl sites for hydroxylation is 1. The zero-order valence-electron chi connectivity index (χ0n) is 13.9. The average Bonchev–Trinajstić information content (AvgIpc) is 3.42. The second-order valence-electron chi connectivity index (χ2n) is 6.72. The molecule has 2 aliphatic rings. The molecule has 1 saturated heterocycles.